The fourth-order valence-electron chi connectivity index (χ4n) is 0.681. The normalized spacial score (nSPS) is 8.38. The monoisotopic (exact) mass is 176 g/mol. The van der Waals surface area contributed by atoms with Gasteiger partial charge in [-0.15, -0.1) is 0 Å². The van der Waals surface area contributed by atoms with Gasteiger partial charge in [0.1, 0.15) is 5.69 Å². The Balaban J connectivity index is 2.83. The van der Waals surface area contributed by atoms with E-state index in [9.17, 15) is 4.79 Å². The molecule has 0 aliphatic heterocycles. The molecule has 0 bridgehead atoms. The predicted octanol–water partition coefficient (Wildman–Crippen LogP) is 0.188. The van der Waals surface area contributed by atoms with Gasteiger partial charge in [0, 0.05) is 17.8 Å². The molecule has 0 atom stereocenters. The van der Waals surface area contributed by atoms with Crippen LogP contribution in [0.1, 0.15) is 5.69 Å². The van der Waals surface area contributed by atoms with Crippen LogP contribution in [0, 0.1) is 11.8 Å². The van der Waals surface area contributed by atoms with E-state index in [2.05, 4.69) is 21.6 Å². The van der Waals surface area contributed by atoms with E-state index in [1.54, 1.807) is 12.1 Å². The molecular weight excluding hydrogens is 168 g/mol. The van der Waals surface area contributed by atoms with Crippen LogP contribution < -0.4 is 5.73 Å². The van der Waals surface area contributed by atoms with Crippen molar-refractivity contribution in [2.24, 2.45) is 0 Å². The topological polar surface area (TPSA) is 65.2 Å². The summed E-state index contributed by atoms with van der Waals surface area (Å²) >= 11 is 0. The van der Waals surface area contributed by atoms with Crippen molar-refractivity contribution in [2.45, 2.75) is 0 Å². The van der Waals surface area contributed by atoms with E-state index in [4.69, 9.17) is 5.73 Å². The van der Waals surface area contributed by atoms with Gasteiger partial charge in [0.15, 0.2) is 0 Å². The Morgan fingerprint density at radius 1 is 1.69 bits per heavy atom. The van der Waals surface area contributed by atoms with Gasteiger partial charge in [0.25, 0.3) is 0 Å². The lowest BCUT2D eigenvalue weighted by molar-refractivity contribution is -0.133. The first kappa shape index (κ1) is 9.07. The zero-order chi connectivity index (χ0) is 9.68. The SMILES string of the molecule is COC(=O)C#Cc1cc(N)ccn1. The van der Waals surface area contributed by atoms with Crippen molar-refractivity contribution in [3.05, 3.63) is 24.0 Å². The van der Waals surface area contributed by atoms with Crippen LogP contribution in [0.25, 0.3) is 0 Å². The first-order valence-electron chi connectivity index (χ1n) is 3.54. The van der Waals surface area contributed by atoms with Gasteiger partial charge in [0.2, 0.25) is 0 Å². The summed E-state index contributed by atoms with van der Waals surface area (Å²) in [5.74, 6) is 4.17. The van der Waals surface area contributed by atoms with Gasteiger partial charge in [-0.3, -0.25) is 0 Å². The average molecular weight is 176 g/mol. The summed E-state index contributed by atoms with van der Waals surface area (Å²) < 4.78 is 4.33. The molecule has 0 amide bonds. The minimum Gasteiger partial charge on any atom is -0.459 e. The molecule has 0 spiro atoms. The fraction of sp³-hybridized carbons (Fsp3) is 0.111. The molecule has 0 aliphatic rings. The number of pyridine rings is 1. The average Bonchev–Trinajstić information content (AvgIpc) is 2.14. The number of nitrogens with two attached hydrogens (primary N) is 1. The molecule has 66 valence electrons. The predicted molar refractivity (Wildman–Crippen MR) is 47.5 cm³/mol. The van der Waals surface area contributed by atoms with Crippen LogP contribution in [0.2, 0.25) is 0 Å². The van der Waals surface area contributed by atoms with Gasteiger partial charge >= 0.3 is 5.97 Å². The number of aromatic nitrogens is 1. The number of hydrogen-bond donors (Lipinski definition) is 1. The fourth-order valence-corrected chi connectivity index (χ4v) is 0.681. The standard InChI is InChI=1S/C9H8N2O2/c1-13-9(12)3-2-8-6-7(10)4-5-11-8/h4-6H,1H3,(H2,10,11). The molecule has 0 saturated heterocycles. The quantitative estimate of drug-likeness (QED) is 0.452. The number of nitrogen functional groups attached to an aromatic ring is 1. The van der Waals surface area contributed by atoms with Crippen molar-refractivity contribution >= 4 is 11.7 Å². The maximum atomic E-state index is 10.6. The Bertz CT molecular complexity index is 377. The number of carbonyl (C=O) groups is 1. The van der Waals surface area contributed by atoms with Gasteiger partial charge in [-0.25, -0.2) is 9.78 Å². The van der Waals surface area contributed by atoms with E-state index in [0.29, 0.717) is 11.4 Å². The van der Waals surface area contributed by atoms with E-state index in [1.807, 2.05) is 0 Å². The van der Waals surface area contributed by atoms with Gasteiger partial charge in [0.05, 0.1) is 7.11 Å². The molecule has 4 heteroatoms. The van der Waals surface area contributed by atoms with Crippen LogP contribution >= 0.6 is 0 Å². The van der Waals surface area contributed by atoms with Crippen LogP contribution in [0.5, 0.6) is 0 Å². The van der Waals surface area contributed by atoms with Gasteiger partial charge in [-0.2, -0.15) is 0 Å². The maximum absolute atomic E-state index is 10.6. The van der Waals surface area contributed by atoms with Gasteiger partial charge in [-0.05, 0) is 18.1 Å². The first-order valence-corrected chi connectivity index (χ1v) is 3.54. The molecule has 1 rings (SSSR count). The Labute approximate surface area is 75.7 Å². The van der Waals surface area contributed by atoms with Gasteiger partial charge < -0.3 is 10.5 Å². The van der Waals surface area contributed by atoms with E-state index < -0.39 is 5.97 Å². The van der Waals surface area contributed by atoms with Crippen LogP contribution in [0.15, 0.2) is 18.3 Å². The zero-order valence-electron chi connectivity index (χ0n) is 7.07. The van der Waals surface area contributed by atoms with E-state index in [1.165, 1.54) is 13.3 Å². The van der Waals surface area contributed by atoms with Crippen molar-refractivity contribution in [3.63, 3.8) is 0 Å². The highest BCUT2D eigenvalue weighted by Gasteiger charge is 1.92. The highest BCUT2D eigenvalue weighted by Crippen LogP contribution is 2.00. The van der Waals surface area contributed by atoms with Crippen LogP contribution in [0.3, 0.4) is 0 Å². The highest BCUT2D eigenvalue weighted by atomic mass is 16.5. The molecule has 4 nitrogen and oxygen atoms in total. The number of rotatable bonds is 0. The summed E-state index contributed by atoms with van der Waals surface area (Å²) in [5.41, 5.74) is 6.48. The lowest BCUT2D eigenvalue weighted by atomic mass is 10.3. The molecule has 0 unspecified atom stereocenters. The minimum absolute atomic E-state index is 0.449. The molecule has 13 heavy (non-hydrogen) atoms. The summed E-state index contributed by atoms with van der Waals surface area (Å²) in [6, 6.07) is 3.22. The van der Waals surface area contributed by atoms with Crippen LogP contribution in [-0.2, 0) is 9.53 Å². The summed E-state index contributed by atoms with van der Waals surface area (Å²) in [7, 11) is 1.27. The Morgan fingerprint density at radius 3 is 3.08 bits per heavy atom. The maximum Gasteiger partial charge on any atom is 0.384 e. The van der Waals surface area contributed by atoms with E-state index >= 15 is 0 Å². The summed E-state index contributed by atoms with van der Waals surface area (Å²) in [4.78, 5) is 14.5. The van der Waals surface area contributed by atoms with Crippen molar-refractivity contribution in [3.8, 4) is 11.8 Å². The Morgan fingerprint density at radius 2 is 2.46 bits per heavy atom. The Kier molecular flexibility index (Phi) is 2.87. The number of nitrogens with zero attached hydrogens (tertiary/aromatic N) is 1. The molecule has 1 aromatic heterocycles. The molecule has 0 saturated carbocycles. The van der Waals surface area contributed by atoms with E-state index in [-0.39, 0.29) is 0 Å². The second kappa shape index (κ2) is 4.12. The molecule has 1 heterocycles. The first-order chi connectivity index (χ1) is 6.22. The zero-order valence-corrected chi connectivity index (χ0v) is 7.07. The second-order valence-electron chi connectivity index (χ2n) is 2.22. The molecule has 0 radical (unpaired) electrons. The van der Waals surface area contributed by atoms with Crippen molar-refractivity contribution < 1.29 is 9.53 Å². The lowest BCUT2D eigenvalue weighted by Gasteiger charge is -1.91. The number of methoxy groups -OCH3 is 1. The number of esters is 1. The molecule has 0 aromatic carbocycles. The number of anilines is 1. The number of ether oxygens (including phenoxy) is 1. The van der Waals surface area contributed by atoms with Crippen molar-refractivity contribution in [2.75, 3.05) is 12.8 Å². The lowest BCUT2D eigenvalue weighted by Crippen LogP contribution is -1.95. The summed E-state index contributed by atoms with van der Waals surface area (Å²) in [6.07, 6.45) is 1.52. The Hall–Kier alpha value is -2.02. The summed E-state index contributed by atoms with van der Waals surface area (Å²) in [6.45, 7) is 0. The van der Waals surface area contributed by atoms with Crippen molar-refractivity contribution in [1.82, 2.24) is 4.98 Å². The van der Waals surface area contributed by atoms with E-state index in [0.717, 1.165) is 0 Å². The largest absolute Gasteiger partial charge is 0.459 e. The molecular formula is C9H8N2O2. The van der Waals surface area contributed by atoms with Crippen LogP contribution in [-0.4, -0.2) is 18.1 Å². The minimum atomic E-state index is -0.593. The second-order valence-corrected chi connectivity index (χ2v) is 2.22. The molecule has 0 aliphatic carbocycles. The third-order valence-corrected chi connectivity index (χ3v) is 1.26. The molecule has 2 N–H and O–H groups in total. The third-order valence-electron chi connectivity index (χ3n) is 1.26. The third kappa shape index (κ3) is 2.83. The van der Waals surface area contributed by atoms with Crippen LogP contribution in [0.4, 0.5) is 5.69 Å². The highest BCUT2D eigenvalue weighted by molar-refractivity contribution is 5.88. The van der Waals surface area contributed by atoms with Gasteiger partial charge in [-0.1, -0.05) is 0 Å². The molecule has 1 aromatic rings. The molecule has 0 fully saturated rings. The number of carbonyl (C=O) groups excluding carboxylic acids is 1. The number of hydrogen-bond acceptors (Lipinski definition) is 4. The summed E-state index contributed by atoms with van der Waals surface area (Å²) in [5, 5.41) is 0. The van der Waals surface area contributed by atoms with Crippen molar-refractivity contribution in [1.29, 1.82) is 0 Å². The smallest absolute Gasteiger partial charge is 0.384 e.